The number of halogens is 4. The Labute approximate surface area is 209 Å². The molecule has 1 amide bonds. The van der Waals surface area contributed by atoms with Gasteiger partial charge < -0.3 is 5.32 Å². The summed E-state index contributed by atoms with van der Waals surface area (Å²) >= 11 is 0. The number of carbonyl (C=O) groups is 1. The van der Waals surface area contributed by atoms with Crippen molar-refractivity contribution in [1.82, 2.24) is 15.0 Å². The highest BCUT2D eigenvalue weighted by Crippen LogP contribution is 2.33. The number of aryl methyl sites for hydroxylation is 1. The van der Waals surface area contributed by atoms with Gasteiger partial charge in [0.25, 0.3) is 0 Å². The van der Waals surface area contributed by atoms with Gasteiger partial charge in [0.1, 0.15) is 11.5 Å². The van der Waals surface area contributed by atoms with Gasteiger partial charge in [0.15, 0.2) is 0 Å². The van der Waals surface area contributed by atoms with Gasteiger partial charge in [-0.1, -0.05) is 36.4 Å². The highest BCUT2D eigenvalue weighted by molar-refractivity contribution is 7.82. The van der Waals surface area contributed by atoms with Crippen molar-refractivity contribution in [1.29, 1.82) is 0 Å². The van der Waals surface area contributed by atoms with E-state index in [1.165, 1.54) is 24.5 Å². The maximum atomic E-state index is 14.4. The number of aromatic nitrogens is 1. The molecule has 2 unspecified atom stereocenters. The quantitative estimate of drug-likeness (QED) is 0.394. The fraction of sp³-hybridized carbons (Fsp3) is 0.308. The van der Waals surface area contributed by atoms with Gasteiger partial charge in [-0.2, -0.15) is 13.2 Å². The van der Waals surface area contributed by atoms with Crippen molar-refractivity contribution in [2.75, 3.05) is 6.26 Å². The number of hydrogen-bond donors (Lipinski definition) is 2. The SMILES string of the molecule is Cc1cccc(-c2nc(C(F)(F)F)ccc2CNC(=O)C(C)c2ccc(CNS(C)=O)c(F)c2)c1C. The molecule has 3 aromatic rings. The summed E-state index contributed by atoms with van der Waals surface area (Å²) in [6, 6.07) is 11.9. The Balaban J connectivity index is 1.83. The van der Waals surface area contributed by atoms with Crippen LogP contribution in [0.25, 0.3) is 11.3 Å². The first-order valence-electron chi connectivity index (χ1n) is 11.1. The first-order chi connectivity index (χ1) is 16.9. The molecule has 2 atom stereocenters. The number of carbonyl (C=O) groups excluding carboxylic acids is 1. The van der Waals surface area contributed by atoms with Crippen LogP contribution in [-0.4, -0.2) is 21.4 Å². The molecular formula is C26H27F4N3O2S. The average molecular weight is 522 g/mol. The fourth-order valence-electron chi connectivity index (χ4n) is 3.67. The van der Waals surface area contributed by atoms with Crippen molar-refractivity contribution < 1.29 is 26.6 Å². The van der Waals surface area contributed by atoms with E-state index in [0.29, 0.717) is 22.3 Å². The maximum absolute atomic E-state index is 14.4. The van der Waals surface area contributed by atoms with E-state index in [4.69, 9.17) is 0 Å². The number of alkyl halides is 3. The van der Waals surface area contributed by atoms with E-state index in [0.717, 1.165) is 17.2 Å². The zero-order valence-corrected chi connectivity index (χ0v) is 21.1. The number of nitrogens with zero attached hydrogens (tertiary/aromatic N) is 1. The van der Waals surface area contributed by atoms with Gasteiger partial charge in [-0.15, -0.1) is 0 Å². The van der Waals surface area contributed by atoms with E-state index < -0.39 is 40.5 Å². The number of nitrogens with one attached hydrogen (secondary N) is 2. The van der Waals surface area contributed by atoms with Crippen LogP contribution >= 0.6 is 0 Å². The van der Waals surface area contributed by atoms with Crippen LogP contribution in [0.15, 0.2) is 48.5 Å². The van der Waals surface area contributed by atoms with E-state index in [-0.39, 0.29) is 18.8 Å². The highest BCUT2D eigenvalue weighted by atomic mass is 32.2. The van der Waals surface area contributed by atoms with Gasteiger partial charge >= 0.3 is 6.18 Å². The minimum atomic E-state index is -4.61. The zero-order chi connectivity index (χ0) is 26.6. The van der Waals surface area contributed by atoms with E-state index in [1.807, 2.05) is 19.9 Å². The molecule has 0 aliphatic heterocycles. The van der Waals surface area contributed by atoms with Crippen LogP contribution < -0.4 is 10.0 Å². The van der Waals surface area contributed by atoms with E-state index in [2.05, 4.69) is 15.0 Å². The number of pyridine rings is 1. The second-order valence-electron chi connectivity index (χ2n) is 8.52. The molecule has 0 bridgehead atoms. The largest absolute Gasteiger partial charge is 0.433 e. The fourth-order valence-corrected chi connectivity index (χ4v) is 4.03. The van der Waals surface area contributed by atoms with Crippen molar-refractivity contribution in [3.63, 3.8) is 0 Å². The summed E-state index contributed by atoms with van der Waals surface area (Å²) in [5, 5.41) is 2.74. The molecule has 0 spiro atoms. The molecule has 2 aromatic carbocycles. The lowest BCUT2D eigenvalue weighted by Crippen LogP contribution is -2.28. The molecule has 1 heterocycles. The first kappa shape index (κ1) is 27.5. The van der Waals surface area contributed by atoms with Crippen LogP contribution in [0.2, 0.25) is 0 Å². The number of amides is 1. The van der Waals surface area contributed by atoms with Gasteiger partial charge in [0, 0.05) is 30.5 Å². The normalized spacial score (nSPS) is 13.3. The Hall–Kier alpha value is -3.11. The Morgan fingerprint density at radius 1 is 1.06 bits per heavy atom. The zero-order valence-electron chi connectivity index (χ0n) is 20.3. The van der Waals surface area contributed by atoms with E-state index in [1.54, 1.807) is 25.1 Å². The third kappa shape index (κ3) is 6.55. The molecule has 0 saturated heterocycles. The second-order valence-corrected chi connectivity index (χ2v) is 9.71. The lowest BCUT2D eigenvalue weighted by Gasteiger charge is -2.17. The molecule has 0 fully saturated rings. The Bertz CT molecular complexity index is 1290. The van der Waals surface area contributed by atoms with Gasteiger partial charge in [0.05, 0.1) is 22.6 Å². The monoisotopic (exact) mass is 521 g/mol. The van der Waals surface area contributed by atoms with Crippen molar-refractivity contribution in [2.24, 2.45) is 0 Å². The average Bonchev–Trinajstić information content (AvgIpc) is 2.82. The predicted molar refractivity (Wildman–Crippen MR) is 132 cm³/mol. The van der Waals surface area contributed by atoms with Gasteiger partial charge in [-0.3, -0.25) is 4.79 Å². The van der Waals surface area contributed by atoms with Crippen molar-refractivity contribution in [3.05, 3.63) is 87.9 Å². The van der Waals surface area contributed by atoms with Crippen LogP contribution in [0.3, 0.4) is 0 Å². The molecule has 5 nitrogen and oxygen atoms in total. The Morgan fingerprint density at radius 2 is 1.75 bits per heavy atom. The van der Waals surface area contributed by atoms with Crippen molar-refractivity contribution in [2.45, 2.75) is 46.0 Å². The van der Waals surface area contributed by atoms with E-state index >= 15 is 0 Å². The standard InChI is InChI=1S/C26H27F4N3O2S/c1-15-6-5-7-21(16(15)2)24-20(10-11-23(33-24)26(28,29)30)13-31-25(34)17(3)18-8-9-19(22(27)12-18)14-32-36(4)35/h5-12,17,32H,13-14H2,1-4H3,(H,31,34). The summed E-state index contributed by atoms with van der Waals surface area (Å²) in [4.78, 5) is 16.7. The van der Waals surface area contributed by atoms with Crippen LogP contribution in [0.5, 0.6) is 0 Å². The molecule has 0 saturated carbocycles. The summed E-state index contributed by atoms with van der Waals surface area (Å²) in [5.74, 6) is -1.66. The number of hydrogen-bond acceptors (Lipinski definition) is 3. The molecule has 36 heavy (non-hydrogen) atoms. The number of rotatable bonds is 8. The van der Waals surface area contributed by atoms with Gasteiger partial charge in [-0.05, 0) is 55.2 Å². The molecule has 0 aliphatic rings. The summed E-state index contributed by atoms with van der Waals surface area (Å²) in [6.45, 7) is 5.31. The topological polar surface area (TPSA) is 71.1 Å². The summed E-state index contributed by atoms with van der Waals surface area (Å²) in [7, 11) is -1.29. The van der Waals surface area contributed by atoms with E-state index in [9.17, 15) is 26.6 Å². The molecule has 10 heteroatoms. The van der Waals surface area contributed by atoms with Crippen LogP contribution in [-0.2, 0) is 35.0 Å². The second kappa shape index (κ2) is 11.3. The summed E-state index contributed by atoms with van der Waals surface area (Å²) < 4.78 is 68.4. The van der Waals surface area contributed by atoms with Crippen LogP contribution in [0.4, 0.5) is 17.6 Å². The van der Waals surface area contributed by atoms with Crippen LogP contribution in [0, 0.1) is 19.7 Å². The predicted octanol–water partition coefficient (Wildman–Crippen LogP) is 5.33. The van der Waals surface area contributed by atoms with Gasteiger partial charge in [0.2, 0.25) is 5.91 Å². The van der Waals surface area contributed by atoms with Crippen molar-refractivity contribution in [3.8, 4) is 11.3 Å². The molecule has 1 aromatic heterocycles. The third-order valence-corrected chi connectivity index (χ3v) is 6.57. The van der Waals surface area contributed by atoms with Crippen LogP contribution in [0.1, 0.15) is 46.4 Å². The maximum Gasteiger partial charge on any atom is 0.433 e. The summed E-state index contributed by atoms with van der Waals surface area (Å²) in [5.41, 5.74) is 2.56. The Morgan fingerprint density at radius 3 is 2.39 bits per heavy atom. The molecule has 192 valence electrons. The minimum absolute atomic E-state index is 0.0518. The lowest BCUT2D eigenvalue weighted by atomic mass is 9.96. The van der Waals surface area contributed by atoms with Crippen molar-refractivity contribution >= 4 is 16.9 Å². The number of benzene rings is 2. The first-order valence-corrected chi connectivity index (χ1v) is 12.7. The third-order valence-electron chi connectivity index (χ3n) is 6.02. The summed E-state index contributed by atoms with van der Waals surface area (Å²) in [6.07, 6.45) is -3.17. The highest BCUT2D eigenvalue weighted by Gasteiger charge is 2.33. The molecule has 3 rings (SSSR count). The molecule has 0 radical (unpaired) electrons. The minimum Gasteiger partial charge on any atom is -0.351 e. The van der Waals surface area contributed by atoms with Gasteiger partial charge in [-0.25, -0.2) is 18.3 Å². The molecular weight excluding hydrogens is 494 g/mol. The smallest absolute Gasteiger partial charge is 0.351 e. The molecule has 0 aliphatic carbocycles. The Kier molecular flexibility index (Phi) is 8.63. The molecule has 2 N–H and O–H groups in total. The lowest BCUT2D eigenvalue weighted by molar-refractivity contribution is -0.141.